The van der Waals surface area contributed by atoms with Gasteiger partial charge in [0.1, 0.15) is 0 Å². The summed E-state index contributed by atoms with van der Waals surface area (Å²) >= 11 is 0. The van der Waals surface area contributed by atoms with E-state index in [0.717, 1.165) is 36.9 Å². The van der Waals surface area contributed by atoms with Gasteiger partial charge >= 0.3 is 0 Å². The molecule has 0 saturated heterocycles. The average molecular weight is 402 g/mol. The predicted molar refractivity (Wildman–Crippen MR) is 111 cm³/mol. The zero-order chi connectivity index (χ0) is 19.7. The number of aryl methyl sites for hydroxylation is 1. The van der Waals surface area contributed by atoms with Crippen LogP contribution in [0.4, 0.5) is 0 Å². The summed E-state index contributed by atoms with van der Waals surface area (Å²) in [6.07, 6.45) is 10.2. The van der Waals surface area contributed by atoms with Crippen LogP contribution < -0.4 is 0 Å². The van der Waals surface area contributed by atoms with Gasteiger partial charge in [0.05, 0.1) is 11.9 Å². The van der Waals surface area contributed by atoms with Crippen LogP contribution in [-0.4, -0.2) is 42.2 Å². The fraction of sp³-hybridized carbons (Fsp3) is 0.591. The van der Waals surface area contributed by atoms with E-state index in [1.165, 1.54) is 37.5 Å². The molecule has 2 aromatic rings. The Morgan fingerprint density at radius 3 is 2.36 bits per heavy atom. The van der Waals surface area contributed by atoms with Gasteiger partial charge in [0, 0.05) is 25.4 Å². The second-order valence-electron chi connectivity index (χ2n) is 8.63. The van der Waals surface area contributed by atoms with E-state index in [4.69, 9.17) is 0 Å². The lowest BCUT2D eigenvalue weighted by molar-refractivity contribution is 0.182. The molecule has 0 atom stereocenters. The molecule has 1 aromatic carbocycles. The van der Waals surface area contributed by atoms with E-state index < -0.39 is 9.84 Å². The molecule has 5 nitrogen and oxygen atoms in total. The molecule has 0 unspecified atom stereocenters. The summed E-state index contributed by atoms with van der Waals surface area (Å²) in [6.45, 7) is 1.45. The van der Waals surface area contributed by atoms with E-state index >= 15 is 0 Å². The van der Waals surface area contributed by atoms with E-state index in [2.05, 4.69) is 29.1 Å². The number of hydrogen-bond acceptors (Lipinski definition) is 4. The third-order valence-corrected chi connectivity index (χ3v) is 7.04. The van der Waals surface area contributed by atoms with E-state index in [0.29, 0.717) is 12.6 Å². The second-order valence-corrected chi connectivity index (χ2v) is 10.5. The summed E-state index contributed by atoms with van der Waals surface area (Å²) < 4.78 is 26.5. The maximum Gasteiger partial charge on any atom is 0.227 e. The molecular formula is C22H31N3O2S. The fourth-order valence-corrected chi connectivity index (χ4v) is 5.33. The number of sulfone groups is 1. The molecule has 0 N–H and O–H groups in total. The fourth-order valence-electron chi connectivity index (χ4n) is 4.48. The third kappa shape index (κ3) is 4.66. The van der Waals surface area contributed by atoms with Gasteiger partial charge < -0.3 is 4.57 Å². The molecule has 0 spiro atoms. The van der Waals surface area contributed by atoms with E-state index in [1.807, 2.05) is 22.8 Å². The maximum atomic E-state index is 12.3. The summed E-state index contributed by atoms with van der Waals surface area (Å²) in [5.41, 5.74) is 2.30. The van der Waals surface area contributed by atoms with Crippen molar-refractivity contribution >= 4 is 9.84 Å². The second kappa shape index (κ2) is 7.99. The highest BCUT2D eigenvalue weighted by molar-refractivity contribution is 7.90. The number of hydrogen-bond donors (Lipinski definition) is 0. The number of nitrogens with zero attached hydrogens (tertiary/aromatic N) is 3. The molecule has 0 aliphatic heterocycles. The monoisotopic (exact) mass is 401 g/mol. The number of rotatable bonds is 10. The zero-order valence-corrected chi connectivity index (χ0v) is 17.7. The van der Waals surface area contributed by atoms with Gasteiger partial charge in [-0.1, -0.05) is 30.3 Å². The van der Waals surface area contributed by atoms with Crippen LogP contribution in [-0.2, 0) is 29.3 Å². The molecule has 2 aliphatic rings. The first kappa shape index (κ1) is 19.6. The van der Waals surface area contributed by atoms with Crippen molar-refractivity contribution in [3.63, 3.8) is 0 Å². The van der Waals surface area contributed by atoms with Gasteiger partial charge in [0.15, 0.2) is 0 Å². The SMILES string of the molecule is CN(Cc1cnc(S(C)(=O)=O)n1CCCc1ccccc1)C(C1CC1)C1CC1. The Bertz CT molecular complexity index is 887. The van der Waals surface area contributed by atoms with Crippen molar-refractivity contribution < 1.29 is 8.42 Å². The van der Waals surface area contributed by atoms with Crippen LogP contribution in [0.3, 0.4) is 0 Å². The molecule has 6 heteroatoms. The molecular weight excluding hydrogens is 370 g/mol. The van der Waals surface area contributed by atoms with Crippen molar-refractivity contribution in [3.05, 3.63) is 47.8 Å². The van der Waals surface area contributed by atoms with Crippen molar-refractivity contribution in [1.82, 2.24) is 14.5 Å². The van der Waals surface area contributed by atoms with Crippen LogP contribution in [0.1, 0.15) is 43.4 Å². The Labute approximate surface area is 168 Å². The van der Waals surface area contributed by atoms with Crippen molar-refractivity contribution in [2.75, 3.05) is 13.3 Å². The largest absolute Gasteiger partial charge is 0.318 e. The highest BCUT2D eigenvalue weighted by Gasteiger charge is 2.43. The summed E-state index contributed by atoms with van der Waals surface area (Å²) in [7, 11) is -1.14. The number of aromatic nitrogens is 2. The zero-order valence-electron chi connectivity index (χ0n) is 16.9. The third-order valence-electron chi connectivity index (χ3n) is 6.05. The lowest BCUT2D eigenvalue weighted by Crippen LogP contribution is -2.35. The highest BCUT2D eigenvalue weighted by Crippen LogP contribution is 2.47. The summed E-state index contributed by atoms with van der Waals surface area (Å²) in [4.78, 5) is 6.75. The molecule has 4 rings (SSSR count). The number of imidazole rings is 1. The maximum absolute atomic E-state index is 12.3. The molecule has 28 heavy (non-hydrogen) atoms. The van der Waals surface area contributed by atoms with Crippen molar-refractivity contribution in [2.45, 2.75) is 62.8 Å². The molecule has 0 radical (unpaired) electrons. The van der Waals surface area contributed by atoms with Crippen LogP contribution in [0.2, 0.25) is 0 Å². The molecule has 152 valence electrons. The Morgan fingerprint density at radius 2 is 1.79 bits per heavy atom. The molecule has 2 aliphatic carbocycles. The van der Waals surface area contributed by atoms with Crippen LogP contribution in [0, 0.1) is 11.8 Å². The van der Waals surface area contributed by atoms with E-state index in [9.17, 15) is 8.42 Å². The quantitative estimate of drug-likeness (QED) is 0.611. The topological polar surface area (TPSA) is 55.2 Å². The highest BCUT2D eigenvalue weighted by atomic mass is 32.2. The first-order chi connectivity index (χ1) is 13.4. The Hall–Kier alpha value is -1.66. The number of benzene rings is 1. The summed E-state index contributed by atoms with van der Waals surface area (Å²) in [5.74, 6) is 1.67. The minimum absolute atomic E-state index is 0.207. The Balaban J connectivity index is 1.49. The van der Waals surface area contributed by atoms with Crippen molar-refractivity contribution in [2.24, 2.45) is 11.8 Å². The van der Waals surface area contributed by atoms with Gasteiger partial charge in [-0.25, -0.2) is 13.4 Å². The molecule has 0 bridgehead atoms. The first-order valence-electron chi connectivity index (χ1n) is 10.4. The van der Waals surface area contributed by atoms with Crippen LogP contribution in [0.5, 0.6) is 0 Å². The van der Waals surface area contributed by atoms with Crippen LogP contribution in [0.25, 0.3) is 0 Å². The first-order valence-corrected chi connectivity index (χ1v) is 12.3. The minimum atomic E-state index is -3.34. The molecule has 2 saturated carbocycles. The predicted octanol–water partition coefficient (Wildman–Crippen LogP) is 3.54. The molecule has 1 aromatic heterocycles. The van der Waals surface area contributed by atoms with Gasteiger partial charge in [-0.05, 0) is 63.0 Å². The van der Waals surface area contributed by atoms with Crippen molar-refractivity contribution in [3.8, 4) is 0 Å². The van der Waals surface area contributed by atoms with Gasteiger partial charge in [-0.3, -0.25) is 4.90 Å². The minimum Gasteiger partial charge on any atom is -0.318 e. The van der Waals surface area contributed by atoms with Gasteiger partial charge in [-0.2, -0.15) is 0 Å². The normalized spacial score (nSPS) is 17.6. The molecule has 2 fully saturated rings. The lowest BCUT2D eigenvalue weighted by atomic mass is 10.1. The average Bonchev–Trinajstić information content (AvgIpc) is 3.57. The van der Waals surface area contributed by atoms with E-state index in [-0.39, 0.29) is 5.16 Å². The van der Waals surface area contributed by atoms with Crippen molar-refractivity contribution in [1.29, 1.82) is 0 Å². The van der Waals surface area contributed by atoms with Gasteiger partial charge in [0.2, 0.25) is 15.0 Å². The van der Waals surface area contributed by atoms with Crippen LogP contribution in [0.15, 0.2) is 41.7 Å². The van der Waals surface area contributed by atoms with Crippen LogP contribution >= 0.6 is 0 Å². The Morgan fingerprint density at radius 1 is 1.14 bits per heavy atom. The lowest BCUT2D eigenvalue weighted by Gasteiger charge is -2.28. The van der Waals surface area contributed by atoms with E-state index in [1.54, 1.807) is 6.20 Å². The smallest absolute Gasteiger partial charge is 0.227 e. The van der Waals surface area contributed by atoms with Gasteiger partial charge in [-0.15, -0.1) is 0 Å². The van der Waals surface area contributed by atoms with Gasteiger partial charge in [0.25, 0.3) is 0 Å². The standard InChI is InChI=1S/C22H31N3O2S/c1-24(21(18-10-11-18)19-12-13-19)16-20-15-23-22(28(2,26)27)25(20)14-6-9-17-7-4-3-5-8-17/h3-5,7-8,15,18-19,21H,6,9-14,16H2,1-2H3. The molecule has 0 amide bonds. The molecule has 1 heterocycles. The summed E-state index contributed by atoms with van der Waals surface area (Å²) in [5, 5.41) is 0.207. The Kier molecular flexibility index (Phi) is 5.61. The summed E-state index contributed by atoms with van der Waals surface area (Å²) in [6, 6.07) is 11.0.